The van der Waals surface area contributed by atoms with Gasteiger partial charge in [-0.3, -0.25) is 4.79 Å². The Labute approximate surface area is 182 Å². The van der Waals surface area contributed by atoms with E-state index < -0.39 is 38.3 Å². The van der Waals surface area contributed by atoms with Crippen molar-refractivity contribution in [2.24, 2.45) is 0 Å². The predicted octanol–water partition coefficient (Wildman–Crippen LogP) is 1.43. The quantitative estimate of drug-likeness (QED) is 0.611. The van der Waals surface area contributed by atoms with Gasteiger partial charge in [-0.05, 0) is 36.2 Å². The van der Waals surface area contributed by atoms with Crippen molar-refractivity contribution in [3.8, 4) is 0 Å². The summed E-state index contributed by atoms with van der Waals surface area (Å²) >= 11 is 0. The van der Waals surface area contributed by atoms with Crippen LogP contribution < -0.4 is 4.90 Å². The SMILES string of the molecule is CN(C)S(=O)(=O)c1ccc2c(c1)CCN2C(=O)CN(Cc1ccccc1F)S(C)(=O)=O. The van der Waals surface area contributed by atoms with Gasteiger partial charge in [0.05, 0.1) is 17.7 Å². The first kappa shape index (κ1) is 23.3. The smallest absolute Gasteiger partial charge is 0.242 e. The van der Waals surface area contributed by atoms with E-state index in [1.807, 2.05) is 0 Å². The number of amides is 1. The van der Waals surface area contributed by atoms with E-state index in [4.69, 9.17) is 0 Å². The van der Waals surface area contributed by atoms with Gasteiger partial charge in [0.1, 0.15) is 5.82 Å². The molecule has 0 spiro atoms. The standard InChI is InChI=1S/C20H24FN3O5S2/c1-22(2)31(28,29)17-8-9-19-15(12-17)10-11-24(19)20(25)14-23(30(3,26)27)13-16-6-4-5-7-18(16)21/h4-9,12H,10-11,13-14H2,1-3H3. The van der Waals surface area contributed by atoms with Crippen LogP contribution >= 0.6 is 0 Å². The summed E-state index contributed by atoms with van der Waals surface area (Å²) in [5.74, 6) is -1.02. The lowest BCUT2D eigenvalue weighted by Gasteiger charge is -2.24. The highest BCUT2D eigenvalue weighted by Gasteiger charge is 2.30. The minimum absolute atomic E-state index is 0.128. The van der Waals surface area contributed by atoms with Crippen molar-refractivity contribution in [2.45, 2.75) is 17.9 Å². The Morgan fingerprint density at radius 1 is 1.10 bits per heavy atom. The predicted molar refractivity (Wildman–Crippen MR) is 115 cm³/mol. The van der Waals surface area contributed by atoms with E-state index in [2.05, 4.69) is 0 Å². The van der Waals surface area contributed by atoms with Crippen LogP contribution in [0, 0.1) is 5.82 Å². The van der Waals surface area contributed by atoms with Crippen LogP contribution in [0.5, 0.6) is 0 Å². The fourth-order valence-electron chi connectivity index (χ4n) is 3.35. The Bertz CT molecular complexity index is 1210. The molecule has 2 aromatic rings. The van der Waals surface area contributed by atoms with Crippen LogP contribution in [0.25, 0.3) is 0 Å². The Morgan fingerprint density at radius 3 is 2.39 bits per heavy atom. The third kappa shape index (κ3) is 4.95. The largest absolute Gasteiger partial charge is 0.311 e. The van der Waals surface area contributed by atoms with Gasteiger partial charge >= 0.3 is 0 Å². The third-order valence-corrected chi connectivity index (χ3v) is 8.12. The normalized spacial score (nSPS) is 14.3. The van der Waals surface area contributed by atoms with Crippen LogP contribution in [-0.4, -0.2) is 64.8 Å². The highest BCUT2D eigenvalue weighted by molar-refractivity contribution is 7.89. The fraction of sp³-hybridized carbons (Fsp3) is 0.350. The number of hydrogen-bond donors (Lipinski definition) is 0. The minimum Gasteiger partial charge on any atom is -0.311 e. The Kier molecular flexibility index (Phi) is 6.51. The number of halogens is 1. The van der Waals surface area contributed by atoms with Crippen molar-refractivity contribution >= 4 is 31.6 Å². The maximum atomic E-state index is 14.0. The van der Waals surface area contributed by atoms with Gasteiger partial charge in [0, 0.05) is 38.4 Å². The van der Waals surface area contributed by atoms with Gasteiger partial charge in [-0.15, -0.1) is 0 Å². The van der Waals surface area contributed by atoms with Gasteiger partial charge in [0.15, 0.2) is 0 Å². The van der Waals surface area contributed by atoms with Gasteiger partial charge in [-0.1, -0.05) is 18.2 Å². The molecule has 1 amide bonds. The highest BCUT2D eigenvalue weighted by Crippen LogP contribution is 2.31. The molecule has 3 rings (SSSR count). The van der Waals surface area contributed by atoms with Crippen molar-refractivity contribution in [3.63, 3.8) is 0 Å². The summed E-state index contributed by atoms with van der Waals surface area (Å²) in [4.78, 5) is 14.5. The summed E-state index contributed by atoms with van der Waals surface area (Å²) in [6, 6.07) is 10.3. The summed E-state index contributed by atoms with van der Waals surface area (Å²) < 4.78 is 65.2. The zero-order chi connectivity index (χ0) is 23.0. The van der Waals surface area contributed by atoms with Crippen molar-refractivity contribution in [1.82, 2.24) is 8.61 Å². The maximum Gasteiger partial charge on any atom is 0.242 e. The molecule has 0 aliphatic carbocycles. The lowest BCUT2D eigenvalue weighted by atomic mass is 10.2. The molecule has 0 saturated heterocycles. The van der Waals surface area contributed by atoms with E-state index in [0.29, 0.717) is 24.2 Å². The van der Waals surface area contributed by atoms with Gasteiger partial charge in [-0.25, -0.2) is 25.5 Å². The van der Waals surface area contributed by atoms with Gasteiger partial charge in [-0.2, -0.15) is 4.31 Å². The molecule has 2 aromatic carbocycles. The van der Waals surface area contributed by atoms with Gasteiger partial charge in [0.25, 0.3) is 0 Å². The first-order chi connectivity index (χ1) is 14.4. The molecule has 0 aromatic heterocycles. The van der Waals surface area contributed by atoms with E-state index in [1.54, 1.807) is 12.1 Å². The second-order valence-electron chi connectivity index (χ2n) is 7.50. The number of nitrogens with zero attached hydrogens (tertiary/aromatic N) is 3. The lowest BCUT2D eigenvalue weighted by Crippen LogP contribution is -2.41. The molecule has 0 atom stereocenters. The second-order valence-corrected chi connectivity index (χ2v) is 11.6. The number of hydrogen-bond acceptors (Lipinski definition) is 5. The third-order valence-electron chi connectivity index (χ3n) is 5.11. The summed E-state index contributed by atoms with van der Waals surface area (Å²) in [6.07, 6.45) is 1.42. The molecule has 0 radical (unpaired) electrons. The number of anilines is 1. The lowest BCUT2D eigenvalue weighted by molar-refractivity contribution is -0.118. The van der Waals surface area contributed by atoms with E-state index in [-0.39, 0.29) is 17.0 Å². The van der Waals surface area contributed by atoms with Crippen LogP contribution in [0.3, 0.4) is 0 Å². The van der Waals surface area contributed by atoms with Crippen molar-refractivity contribution in [3.05, 3.63) is 59.4 Å². The molecule has 0 bridgehead atoms. The summed E-state index contributed by atoms with van der Waals surface area (Å²) in [6.45, 7) is -0.417. The van der Waals surface area contributed by atoms with E-state index in [1.165, 1.54) is 49.3 Å². The molecule has 31 heavy (non-hydrogen) atoms. The first-order valence-corrected chi connectivity index (χ1v) is 12.7. The number of fused-ring (bicyclic) bond motifs is 1. The second kappa shape index (κ2) is 8.65. The van der Waals surface area contributed by atoms with Crippen molar-refractivity contribution in [2.75, 3.05) is 38.3 Å². The van der Waals surface area contributed by atoms with Gasteiger partial charge in [0.2, 0.25) is 26.0 Å². The van der Waals surface area contributed by atoms with E-state index >= 15 is 0 Å². The molecule has 0 unspecified atom stereocenters. The molecule has 0 N–H and O–H groups in total. The zero-order valence-electron chi connectivity index (χ0n) is 17.4. The van der Waals surface area contributed by atoms with Crippen LogP contribution in [0.1, 0.15) is 11.1 Å². The number of carbonyl (C=O) groups is 1. The molecular formula is C20H24FN3O5S2. The molecule has 11 heteroatoms. The van der Waals surface area contributed by atoms with Gasteiger partial charge < -0.3 is 4.90 Å². The van der Waals surface area contributed by atoms with Crippen LogP contribution in [0.4, 0.5) is 10.1 Å². The minimum atomic E-state index is -3.78. The first-order valence-electron chi connectivity index (χ1n) is 9.45. The number of benzene rings is 2. The summed E-state index contributed by atoms with van der Waals surface area (Å²) in [7, 11) is -4.51. The molecule has 1 aliphatic rings. The molecule has 1 aliphatic heterocycles. The van der Waals surface area contributed by atoms with Crippen molar-refractivity contribution in [1.29, 1.82) is 0 Å². The Balaban J connectivity index is 1.83. The zero-order valence-corrected chi connectivity index (χ0v) is 19.1. The highest BCUT2D eigenvalue weighted by atomic mass is 32.2. The monoisotopic (exact) mass is 469 g/mol. The summed E-state index contributed by atoms with van der Waals surface area (Å²) in [5.41, 5.74) is 1.40. The number of carbonyl (C=O) groups excluding carboxylic acids is 1. The molecule has 0 saturated carbocycles. The van der Waals surface area contributed by atoms with Crippen LogP contribution in [-0.2, 0) is 37.8 Å². The molecule has 0 fully saturated rings. The molecular weight excluding hydrogens is 445 g/mol. The molecule has 8 nitrogen and oxygen atoms in total. The fourth-order valence-corrected chi connectivity index (χ4v) is 5.02. The number of sulfonamides is 2. The molecule has 168 valence electrons. The van der Waals surface area contributed by atoms with Crippen LogP contribution in [0.15, 0.2) is 47.4 Å². The Hall–Kier alpha value is -2.34. The number of rotatable bonds is 7. The van der Waals surface area contributed by atoms with Crippen LogP contribution in [0.2, 0.25) is 0 Å². The Morgan fingerprint density at radius 2 is 1.77 bits per heavy atom. The molecule has 1 heterocycles. The summed E-state index contributed by atoms with van der Waals surface area (Å²) in [5, 5.41) is 0. The van der Waals surface area contributed by atoms with E-state index in [9.17, 15) is 26.0 Å². The van der Waals surface area contributed by atoms with E-state index in [0.717, 1.165) is 14.9 Å². The average Bonchev–Trinajstić information content (AvgIpc) is 3.11. The average molecular weight is 470 g/mol. The van der Waals surface area contributed by atoms with Crippen molar-refractivity contribution < 1.29 is 26.0 Å². The topological polar surface area (TPSA) is 95.1 Å². The maximum absolute atomic E-state index is 14.0.